The molecule has 0 unspecified atom stereocenters. The standard InChI is InChI=1S/C19H30N2O4/c1-4-24-17-10-6-5-8-15(17)9-7-11-20-19(23)21-12-16(22)18(13-21)25-14(2)3/h5-6,8,10,14,16,18,22H,4,7,9,11-13H2,1-3H3,(H,20,23)/t16-,18-/m0/s1. The van der Waals surface area contributed by atoms with Gasteiger partial charge in [-0.25, -0.2) is 4.79 Å². The molecule has 6 nitrogen and oxygen atoms in total. The summed E-state index contributed by atoms with van der Waals surface area (Å²) in [6.45, 7) is 7.80. The molecule has 1 heterocycles. The van der Waals surface area contributed by atoms with Gasteiger partial charge >= 0.3 is 6.03 Å². The Hall–Kier alpha value is -1.79. The van der Waals surface area contributed by atoms with Gasteiger partial charge in [0.25, 0.3) is 0 Å². The number of para-hydroxylation sites is 1. The first-order valence-corrected chi connectivity index (χ1v) is 9.08. The number of nitrogens with one attached hydrogen (secondary N) is 1. The zero-order chi connectivity index (χ0) is 18.2. The summed E-state index contributed by atoms with van der Waals surface area (Å²) in [5, 5.41) is 12.9. The highest BCUT2D eigenvalue weighted by molar-refractivity contribution is 5.74. The summed E-state index contributed by atoms with van der Waals surface area (Å²) in [4.78, 5) is 13.8. The highest BCUT2D eigenvalue weighted by atomic mass is 16.5. The van der Waals surface area contributed by atoms with Crippen molar-refractivity contribution in [1.82, 2.24) is 10.2 Å². The van der Waals surface area contributed by atoms with E-state index in [-0.39, 0.29) is 18.2 Å². The average Bonchev–Trinajstić information content (AvgIpc) is 2.93. The van der Waals surface area contributed by atoms with Crippen molar-refractivity contribution in [3.63, 3.8) is 0 Å². The molecule has 1 aliphatic rings. The number of aryl methyl sites for hydroxylation is 1. The summed E-state index contributed by atoms with van der Waals surface area (Å²) in [5.74, 6) is 0.910. The predicted molar refractivity (Wildman–Crippen MR) is 96.9 cm³/mol. The zero-order valence-corrected chi connectivity index (χ0v) is 15.4. The summed E-state index contributed by atoms with van der Waals surface area (Å²) in [6.07, 6.45) is 0.791. The second-order valence-electron chi connectivity index (χ2n) is 6.57. The van der Waals surface area contributed by atoms with E-state index in [1.807, 2.05) is 39.0 Å². The third kappa shape index (κ3) is 5.90. The van der Waals surface area contributed by atoms with Gasteiger partial charge in [-0.2, -0.15) is 0 Å². The van der Waals surface area contributed by atoms with Gasteiger partial charge in [-0.3, -0.25) is 0 Å². The van der Waals surface area contributed by atoms with Gasteiger partial charge in [0.15, 0.2) is 0 Å². The van der Waals surface area contributed by atoms with E-state index in [1.165, 1.54) is 0 Å². The molecule has 2 atom stereocenters. The van der Waals surface area contributed by atoms with Crippen LogP contribution in [0, 0.1) is 0 Å². The van der Waals surface area contributed by atoms with Crippen LogP contribution in [-0.4, -0.2) is 60.6 Å². The summed E-state index contributed by atoms with van der Waals surface area (Å²) >= 11 is 0. The molecular weight excluding hydrogens is 320 g/mol. The van der Waals surface area contributed by atoms with E-state index in [1.54, 1.807) is 4.90 Å². The SMILES string of the molecule is CCOc1ccccc1CCCNC(=O)N1C[C@H](OC(C)C)[C@@H](O)C1. The average molecular weight is 350 g/mol. The maximum absolute atomic E-state index is 12.2. The molecule has 2 rings (SSSR count). The fourth-order valence-corrected chi connectivity index (χ4v) is 3.00. The minimum absolute atomic E-state index is 0.0352. The summed E-state index contributed by atoms with van der Waals surface area (Å²) in [6, 6.07) is 7.84. The summed E-state index contributed by atoms with van der Waals surface area (Å²) in [7, 11) is 0. The molecule has 6 heteroatoms. The summed E-state index contributed by atoms with van der Waals surface area (Å²) in [5.41, 5.74) is 1.15. The van der Waals surface area contributed by atoms with Crippen LogP contribution in [0.15, 0.2) is 24.3 Å². The maximum Gasteiger partial charge on any atom is 0.317 e. The van der Waals surface area contributed by atoms with Gasteiger partial charge in [0.1, 0.15) is 11.9 Å². The Labute approximate surface area is 150 Å². The highest BCUT2D eigenvalue weighted by Gasteiger charge is 2.35. The number of aliphatic hydroxyl groups is 1. The molecule has 0 aliphatic carbocycles. The monoisotopic (exact) mass is 350 g/mol. The third-order valence-electron chi connectivity index (χ3n) is 4.14. The number of aliphatic hydroxyl groups excluding tert-OH is 1. The Bertz CT molecular complexity index is 550. The van der Waals surface area contributed by atoms with Crippen molar-refractivity contribution in [2.75, 3.05) is 26.2 Å². The van der Waals surface area contributed by atoms with Crippen LogP contribution >= 0.6 is 0 Å². The Balaban J connectivity index is 1.73. The molecule has 1 aliphatic heterocycles. The van der Waals surface area contributed by atoms with Crippen LogP contribution in [0.5, 0.6) is 5.75 Å². The second-order valence-corrected chi connectivity index (χ2v) is 6.57. The van der Waals surface area contributed by atoms with Crippen LogP contribution in [0.25, 0.3) is 0 Å². The number of likely N-dealkylation sites (tertiary alicyclic amines) is 1. The Kier molecular flexibility index (Phi) is 7.52. The number of nitrogens with zero attached hydrogens (tertiary/aromatic N) is 1. The van der Waals surface area contributed by atoms with Crippen molar-refractivity contribution in [2.45, 2.75) is 51.9 Å². The quantitative estimate of drug-likeness (QED) is 0.705. The minimum atomic E-state index is -0.619. The molecule has 0 saturated carbocycles. The largest absolute Gasteiger partial charge is 0.494 e. The van der Waals surface area contributed by atoms with Gasteiger partial charge in [-0.15, -0.1) is 0 Å². The number of β-amino-alcohol motifs (C(OH)–C–C–N with tert-alkyl or cyclic N) is 1. The smallest absolute Gasteiger partial charge is 0.317 e. The number of carbonyl (C=O) groups is 1. The fourth-order valence-electron chi connectivity index (χ4n) is 3.00. The fraction of sp³-hybridized carbons (Fsp3) is 0.632. The molecule has 0 spiro atoms. The Morgan fingerprint density at radius 3 is 2.84 bits per heavy atom. The molecule has 1 aromatic rings. The van der Waals surface area contributed by atoms with Crippen molar-refractivity contribution in [3.8, 4) is 5.75 Å². The molecule has 1 saturated heterocycles. The van der Waals surface area contributed by atoms with E-state index in [9.17, 15) is 9.90 Å². The van der Waals surface area contributed by atoms with E-state index in [0.29, 0.717) is 26.2 Å². The molecule has 2 N–H and O–H groups in total. The molecule has 0 bridgehead atoms. The van der Waals surface area contributed by atoms with Crippen molar-refractivity contribution >= 4 is 6.03 Å². The number of carbonyl (C=O) groups excluding carboxylic acids is 1. The predicted octanol–water partition coefficient (Wildman–Crippen LogP) is 2.20. The Morgan fingerprint density at radius 2 is 2.12 bits per heavy atom. The van der Waals surface area contributed by atoms with Crippen molar-refractivity contribution in [3.05, 3.63) is 29.8 Å². The lowest BCUT2D eigenvalue weighted by atomic mass is 10.1. The number of hydrogen-bond acceptors (Lipinski definition) is 4. The van der Waals surface area contributed by atoms with Crippen molar-refractivity contribution in [2.24, 2.45) is 0 Å². The van der Waals surface area contributed by atoms with Crippen LogP contribution in [0.4, 0.5) is 4.79 Å². The zero-order valence-electron chi connectivity index (χ0n) is 15.4. The van der Waals surface area contributed by atoms with Crippen LogP contribution in [0.1, 0.15) is 32.8 Å². The topological polar surface area (TPSA) is 71.0 Å². The third-order valence-corrected chi connectivity index (χ3v) is 4.14. The van der Waals surface area contributed by atoms with Gasteiger partial charge in [-0.05, 0) is 45.2 Å². The van der Waals surface area contributed by atoms with E-state index in [2.05, 4.69) is 11.4 Å². The molecule has 1 aromatic carbocycles. The number of ether oxygens (including phenoxy) is 2. The van der Waals surface area contributed by atoms with Gasteiger partial charge in [-0.1, -0.05) is 18.2 Å². The Morgan fingerprint density at radius 1 is 1.36 bits per heavy atom. The van der Waals surface area contributed by atoms with Crippen molar-refractivity contribution in [1.29, 1.82) is 0 Å². The minimum Gasteiger partial charge on any atom is -0.494 e. The number of amides is 2. The van der Waals surface area contributed by atoms with Crippen LogP contribution in [-0.2, 0) is 11.2 Å². The van der Waals surface area contributed by atoms with E-state index in [0.717, 1.165) is 24.2 Å². The second kappa shape index (κ2) is 9.63. The molecule has 2 amide bonds. The van der Waals surface area contributed by atoms with Gasteiger partial charge < -0.3 is 24.8 Å². The first-order valence-electron chi connectivity index (χ1n) is 9.08. The van der Waals surface area contributed by atoms with E-state index >= 15 is 0 Å². The normalized spacial score (nSPS) is 20.1. The first kappa shape index (κ1) is 19.5. The summed E-state index contributed by atoms with van der Waals surface area (Å²) < 4.78 is 11.3. The maximum atomic E-state index is 12.2. The number of hydrogen-bond donors (Lipinski definition) is 2. The lowest BCUT2D eigenvalue weighted by molar-refractivity contribution is -0.0393. The molecule has 25 heavy (non-hydrogen) atoms. The molecule has 140 valence electrons. The lowest BCUT2D eigenvalue weighted by Crippen LogP contribution is -2.39. The van der Waals surface area contributed by atoms with Crippen LogP contribution < -0.4 is 10.1 Å². The van der Waals surface area contributed by atoms with Gasteiger partial charge in [0, 0.05) is 6.54 Å². The number of benzene rings is 1. The molecule has 1 fully saturated rings. The first-order chi connectivity index (χ1) is 12.0. The lowest BCUT2D eigenvalue weighted by Gasteiger charge is -2.18. The van der Waals surface area contributed by atoms with Gasteiger partial charge in [0.2, 0.25) is 0 Å². The molecular formula is C19H30N2O4. The van der Waals surface area contributed by atoms with Crippen molar-refractivity contribution < 1.29 is 19.4 Å². The van der Waals surface area contributed by atoms with Crippen LogP contribution in [0.2, 0.25) is 0 Å². The highest BCUT2D eigenvalue weighted by Crippen LogP contribution is 2.19. The number of urea groups is 1. The molecule has 0 aromatic heterocycles. The number of rotatable bonds is 8. The van der Waals surface area contributed by atoms with Crippen LogP contribution in [0.3, 0.4) is 0 Å². The van der Waals surface area contributed by atoms with E-state index in [4.69, 9.17) is 9.47 Å². The van der Waals surface area contributed by atoms with Gasteiger partial charge in [0.05, 0.1) is 31.9 Å². The molecule has 0 radical (unpaired) electrons. The van der Waals surface area contributed by atoms with E-state index < -0.39 is 6.10 Å².